The molecule has 0 atom stereocenters. The summed E-state index contributed by atoms with van der Waals surface area (Å²) in [4.78, 5) is 19.9. The summed E-state index contributed by atoms with van der Waals surface area (Å²) in [7, 11) is 0. The summed E-state index contributed by atoms with van der Waals surface area (Å²) in [6.45, 7) is 4.12. The van der Waals surface area contributed by atoms with E-state index in [0.29, 0.717) is 23.6 Å². The topological polar surface area (TPSA) is 50.2 Å². The van der Waals surface area contributed by atoms with E-state index >= 15 is 0 Å². The molecule has 0 bridgehead atoms. The predicted molar refractivity (Wildman–Crippen MR) is 112 cm³/mol. The third-order valence-electron chi connectivity index (χ3n) is 5.23. The van der Waals surface area contributed by atoms with Crippen molar-refractivity contribution in [1.29, 1.82) is 0 Å². The van der Waals surface area contributed by atoms with Gasteiger partial charge < -0.3 is 14.8 Å². The van der Waals surface area contributed by atoms with Gasteiger partial charge in [0.1, 0.15) is 5.82 Å². The van der Waals surface area contributed by atoms with E-state index < -0.39 is 5.82 Å². The highest BCUT2D eigenvalue weighted by molar-refractivity contribution is 7.16. The Kier molecular flexibility index (Phi) is 6.06. The molecule has 0 aromatic carbocycles. The fourth-order valence-corrected chi connectivity index (χ4v) is 4.71. The van der Waals surface area contributed by atoms with Crippen LogP contribution in [0.2, 0.25) is 4.34 Å². The van der Waals surface area contributed by atoms with E-state index in [4.69, 9.17) is 11.6 Å². The highest BCUT2D eigenvalue weighted by atomic mass is 35.5. The second kappa shape index (κ2) is 8.69. The van der Waals surface area contributed by atoms with Gasteiger partial charge in [0.05, 0.1) is 21.6 Å². The summed E-state index contributed by atoms with van der Waals surface area (Å²) < 4.78 is 16.0. The van der Waals surface area contributed by atoms with E-state index in [1.165, 1.54) is 23.2 Å². The largest absolute Gasteiger partial charge is 0.309 e. The van der Waals surface area contributed by atoms with Crippen LogP contribution in [0.3, 0.4) is 0 Å². The van der Waals surface area contributed by atoms with Crippen LogP contribution < -0.4 is 10.9 Å². The first kappa shape index (κ1) is 19.5. The molecule has 0 aliphatic carbocycles. The Balaban J connectivity index is 1.31. The Morgan fingerprint density at radius 3 is 2.79 bits per heavy atom. The normalized spacial score (nSPS) is 16.1. The van der Waals surface area contributed by atoms with Gasteiger partial charge in [-0.05, 0) is 44.1 Å². The van der Waals surface area contributed by atoms with E-state index in [1.807, 2.05) is 6.07 Å². The van der Waals surface area contributed by atoms with E-state index in [2.05, 4.69) is 21.3 Å². The van der Waals surface area contributed by atoms with Gasteiger partial charge in [-0.25, -0.2) is 4.39 Å². The first-order chi connectivity index (χ1) is 13.6. The molecule has 4 rings (SSSR count). The zero-order valence-electron chi connectivity index (χ0n) is 15.4. The lowest BCUT2D eigenvalue weighted by molar-refractivity contribution is 0.191. The zero-order chi connectivity index (χ0) is 19.5. The molecule has 0 amide bonds. The molecule has 3 aromatic heterocycles. The fourth-order valence-electron chi connectivity index (χ4n) is 3.67. The van der Waals surface area contributed by atoms with Crippen LogP contribution in [-0.4, -0.2) is 40.1 Å². The average Bonchev–Trinajstić information content (AvgIpc) is 3.12. The van der Waals surface area contributed by atoms with Gasteiger partial charge >= 0.3 is 0 Å². The maximum atomic E-state index is 13.6. The van der Waals surface area contributed by atoms with Crippen molar-refractivity contribution in [3.8, 4) is 0 Å². The van der Waals surface area contributed by atoms with Gasteiger partial charge in [0.15, 0.2) is 0 Å². The third-order valence-corrected chi connectivity index (χ3v) is 6.46. The van der Waals surface area contributed by atoms with Crippen LogP contribution in [0.25, 0.3) is 11.0 Å². The summed E-state index contributed by atoms with van der Waals surface area (Å²) in [6, 6.07) is 9.02. The molecule has 0 saturated carbocycles. The molecule has 4 heterocycles. The van der Waals surface area contributed by atoms with Crippen LogP contribution in [0.4, 0.5) is 4.39 Å². The van der Waals surface area contributed by atoms with Crippen molar-refractivity contribution >= 4 is 34.0 Å². The molecular formula is C20H22ClFN4OS. The molecule has 28 heavy (non-hydrogen) atoms. The minimum absolute atomic E-state index is 0.119. The van der Waals surface area contributed by atoms with Crippen molar-refractivity contribution in [1.82, 2.24) is 19.8 Å². The monoisotopic (exact) mass is 420 g/mol. The van der Waals surface area contributed by atoms with Crippen LogP contribution in [0.1, 0.15) is 17.7 Å². The maximum absolute atomic E-state index is 13.6. The van der Waals surface area contributed by atoms with Crippen molar-refractivity contribution in [2.45, 2.75) is 32.0 Å². The van der Waals surface area contributed by atoms with Crippen molar-refractivity contribution in [2.24, 2.45) is 0 Å². The Hall–Kier alpha value is -1.80. The van der Waals surface area contributed by atoms with E-state index in [0.717, 1.165) is 43.4 Å². The quantitative estimate of drug-likeness (QED) is 0.663. The lowest BCUT2D eigenvalue weighted by Crippen LogP contribution is -2.43. The molecule has 1 saturated heterocycles. The first-order valence-corrected chi connectivity index (χ1v) is 10.6. The van der Waals surface area contributed by atoms with E-state index in [1.54, 1.807) is 22.0 Å². The van der Waals surface area contributed by atoms with Crippen LogP contribution in [-0.2, 0) is 13.1 Å². The minimum atomic E-state index is -0.425. The maximum Gasteiger partial charge on any atom is 0.251 e. The van der Waals surface area contributed by atoms with Crippen molar-refractivity contribution in [3.63, 3.8) is 0 Å². The highest BCUT2D eigenvalue weighted by Crippen LogP contribution is 2.21. The van der Waals surface area contributed by atoms with Gasteiger partial charge in [-0.2, -0.15) is 0 Å². The van der Waals surface area contributed by atoms with Crippen LogP contribution >= 0.6 is 22.9 Å². The molecule has 1 N–H and O–H groups in total. The smallest absolute Gasteiger partial charge is 0.251 e. The summed E-state index contributed by atoms with van der Waals surface area (Å²) in [6.07, 6.45) is 3.32. The lowest BCUT2D eigenvalue weighted by Gasteiger charge is -2.32. The van der Waals surface area contributed by atoms with Crippen LogP contribution in [0, 0.1) is 5.82 Å². The second-order valence-corrected chi connectivity index (χ2v) is 8.88. The van der Waals surface area contributed by atoms with E-state index in [-0.39, 0.29) is 5.56 Å². The number of nitrogens with one attached hydrogen (secondary N) is 1. The van der Waals surface area contributed by atoms with Gasteiger partial charge in [0, 0.05) is 42.7 Å². The first-order valence-electron chi connectivity index (χ1n) is 9.43. The van der Waals surface area contributed by atoms with Gasteiger partial charge in [-0.1, -0.05) is 11.6 Å². The lowest BCUT2D eigenvalue weighted by atomic mass is 10.1. The van der Waals surface area contributed by atoms with Gasteiger partial charge in [0.2, 0.25) is 0 Å². The Morgan fingerprint density at radius 1 is 1.21 bits per heavy atom. The Bertz CT molecular complexity index is 1010. The molecule has 148 valence electrons. The number of piperidine rings is 1. The fraction of sp³-hybridized carbons (Fsp3) is 0.400. The van der Waals surface area contributed by atoms with Crippen LogP contribution in [0.5, 0.6) is 0 Å². The number of hydrogen-bond donors (Lipinski definition) is 1. The molecule has 5 nitrogen and oxygen atoms in total. The second-order valence-electron chi connectivity index (χ2n) is 7.08. The minimum Gasteiger partial charge on any atom is -0.309 e. The zero-order valence-corrected chi connectivity index (χ0v) is 17.0. The van der Waals surface area contributed by atoms with Gasteiger partial charge in [0.25, 0.3) is 5.56 Å². The molecule has 1 aliphatic rings. The summed E-state index contributed by atoms with van der Waals surface area (Å²) in [5.41, 5.74) is 1.07. The van der Waals surface area contributed by atoms with Crippen molar-refractivity contribution in [2.75, 3.05) is 19.6 Å². The number of likely N-dealkylation sites (tertiary alicyclic amines) is 1. The number of hydrogen-bond acceptors (Lipinski definition) is 5. The molecule has 0 unspecified atom stereocenters. The van der Waals surface area contributed by atoms with Crippen LogP contribution in [0.15, 0.2) is 41.3 Å². The highest BCUT2D eigenvalue weighted by Gasteiger charge is 2.19. The summed E-state index contributed by atoms with van der Waals surface area (Å²) >= 11 is 7.59. The molecule has 8 heteroatoms. The van der Waals surface area contributed by atoms with E-state index in [9.17, 15) is 9.18 Å². The number of thiophene rings is 1. The number of aromatic nitrogens is 2. The molecule has 0 radical (unpaired) electrons. The molecule has 0 spiro atoms. The Morgan fingerprint density at radius 2 is 2.04 bits per heavy atom. The number of pyridine rings is 2. The standard InChI is InChI=1S/C20H22ClFN4OS/c21-19-3-1-16(28-19)13-23-15-5-7-25(8-6-15)9-10-26-18-11-14(22)12-24-17(18)2-4-20(26)27/h1-4,11-12,15,23H,5-10,13H2. The molecule has 3 aromatic rings. The number of halogens is 2. The van der Waals surface area contributed by atoms with Crippen molar-refractivity contribution in [3.05, 3.63) is 61.9 Å². The van der Waals surface area contributed by atoms with Gasteiger partial charge in [-0.3, -0.25) is 9.78 Å². The van der Waals surface area contributed by atoms with Crippen molar-refractivity contribution < 1.29 is 4.39 Å². The summed E-state index contributed by atoms with van der Waals surface area (Å²) in [5, 5.41) is 3.61. The van der Waals surface area contributed by atoms with Gasteiger partial charge in [-0.15, -0.1) is 11.3 Å². The SMILES string of the molecule is O=c1ccc2ncc(F)cc2n1CCN1CCC(NCc2ccc(Cl)s2)CC1. The predicted octanol–water partition coefficient (Wildman–Crippen LogP) is 3.50. The molecule has 1 fully saturated rings. The average molecular weight is 421 g/mol. The third kappa shape index (κ3) is 4.60. The number of rotatable bonds is 6. The molecular weight excluding hydrogens is 399 g/mol. The molecule has 1 aliphatic heterocycles. The summed E-state index contributed by atoms with van der Waals surface area (Å²) in [5.74, 6) is -0.425. The number of nitrogens with zero attached hydrogens (tertiary/aromatic N) is 3. The Labute approximate surface area is 171 Å². The number of fused-ring (bicyclic) bond motifs is 1.